The highest BCUT2D eigenvalue weighted by molar-refractivity contribution is 6.23. The second kappa shape index (κ2) is 33.4. The highest BCUT2D eigenvalue weighted by Gasteiger charge is 2.25. The van der Waals surface area contributed by atoms with Gasteiger partial charge in [-0.25, -0.2) is 15.0 Å². The molecule has 0 unspecified atom stereocenters. The van der Waals surface area contributed by atoms with E-state index in [0.29, 0.717) is 17.5 Å². The molecule has 0 aliphatic carbocycles. The van der Waals surface area contributed by atoms with E-state index in [1.54, 1.807) is 0 Å². The molecule has 26 rings (SSSR count). The lowest BCUT2D eigenvalue weighted by molar-refractivity contribution is 1.07. The molecule has 26 aromatic rings. The fraction of sp³-hybridized carbons (Fsp3) is 0. The Kier molecular flexibility index (Phi) is 19.6. The van der Waals surface area contributed by atoms with Gasteiger partial charge in [0.05, 0.1) is 49.7 Å². The van der Waals surface area contributed by atoms with Crippen LogP contribution in [0.1, 0.15) is 0 Å². The van der Waals surface area contributed by atoms with E-state index in [-0.39, 0.29) is 0 Å². The lowest BCUT2D eigenvalue weighted by Crippen LogP contribution is -2.09. The Morgan fingerprint density at radius 3 is 0.750 bits per heavy atom. The van der Waals surface area contributed by atoms with Crippen molar-refractivity contribution in [1.82, 2.24) is 57.1 Å². The van der Waals surface area contributed by atoms with Crippen LogP contribution < -0.4 is 4.90 Å². The zero-order valence-electron chi connectivity index (χ0n) is 71.6. The van der Waals surface area contributed by atoms with Crippen molar-refractivity contribution in [1.29, 1.82) is 0 Å². The van der Waals surface area contributed by atoms with Crippen LogP contribution in [-0.2, 0) is 0 Å². The van der Waals surface area contributed by atoms with Crippen LogP contribution in [0.4, 0.5) is 17.1 Å². The number of benzene rings is 18. The number of hydrogen-bond donors (Lipinski definition) is 0. The highest BCUT2D eigenvalue weighted by Crippen LogP contribution is 2.45. The van der Waals surface area contributed by atoms with Gasteiger partial charge in [-0.2, -0.15) is 0 Å². The van der Waals surface area contributed by atoms with Crippen molar-refractivity contribution in [2.75, 3.05) is 4.90 Å². The molecule has 18 aromatic carbocycles. The van der Waals surface area contributed by atoms with Gasteiger partial charge < -0.3 is 32.3 Å². The van der Waals surface area contributed by atoms with Crippen molar-refractivity contribution in [3.05, 3.63) is 492 Å². The molecule has 0 fully saturated rings. The van der Waals surface area contributed by atoms with Gasteiger partial charge in [0.15, 0.2) is 29.1 Å². The first-order valence-electron chi connectivity index (χ1n) is 44.4. The van der Waals surface area contributed by atoms with Crippen molar-refractivity contribution in [2.24, 2.45) is 0 Å². The van der Waals surface area contributed by atoms with Crippen molar-refractivity contribution >= 4 is 115 Å². The first kappa shape index (κ1) is 77.5. The van der Waals surface area contributed by atoms with Gasteiger partial charge in [0.1, 0.15) is 0 Å². The zero-order chi connectivity index (χ0) is 87.4. The second-order valence-electron chi connectivity index (χ2n) is 32.9. The molecule has 0 N–H and O–H groups in total. The number of rotatable bonds is 15. The Morgan fingerprint density at radius 2 is 0.424 bits per heavy atom. The third-order valence-electron chi connectivity index (χ3n) is 25.1. The molecule has 132 heavy (non-hydrogen) atoms. The number of hydrogen-bond acceptors (Lipinski definition) is 6. The van der Waals surface area contributed by atoms with Gasteiger partial charge in [0.2, 0.25) is 0 Å². The lowest BCUT2D eigenvalue weighted by atomic mass is 10.1. The predicted molar refractivity (Wildman–Crippen MR) is 543 cm³/mol. The van der Waals surface area contributed by atoms with E-state index in [1.807, 2.05) is 97.1 Å². The van der Waals surface area contributed by atoms with Gasteiger partial charge >= 0.3 is 0 Å². The number of anilines is 3. The third-order valence-corrected chi connectivity index (χ3v) is 25.1. The topological polar surface area (TPSA) is 102 Å². The summed E-state index contributed by atoms with van der Waals surface area (Å²) in [7, 11) is 0. The molecule has 0 aliphatic heterocycles. The van der Waals surface area contributed by atoms with Crippen LogP contribution in [-0.4, -0.2) is 57.1 Å². The number of fused-ring (bicyclic) bond motifs is 15. The Hall–Kier alpha value is -18.1. The molecule has 0 spiro atoms. The summed E-state index contributed by atoms with van der Waals surface area (Å²) in [6.07, 6.45) is 6.53. The monoisotopic (exact) mass is 1690 g/mol. The van der Waals surface area contributed by atoms with Crippen LogP contribution in [0.5, 0.6) is 0 Å². The predicted octanol–water partition coefficient (Wildman–Crippen LogP) is 29.8. The van der Waals surface area contributed by atoms with Gasteiger partial charge in [-0.15, -0.1) is 10.2 Å². The fourth-order valence-electron chi connectivity index (χ4n) is 19.2. The molecular weight excluding hydrogens is 1610 g/mol. The van der Waals surface area contributed by atoms with Crippen LogP contribution in [0.15, 0.2) is 492 Å². The van der Waals surface area contributed by atoms with Gasteiger partial charge in [-0.1, -0.05) is 285 Å². The van der Waals surface area contributed by atoms with Crippen LogP contribution in [0.3, 0.4) is 0 Å². The van der Waals surface area contributed by atoms with Crippen molar-refractivity contribution in [3.8, 4) is 96.8 Å². The van der Waals surface area contributed by atoms with E-state index in [1.165, 1.54) is 87.1 Å². The maximum atomic E-state index is 4.93. The highest BCUT2D eigenvalue weighted by atomic mass is 15.3. The van der Waals surface area contributed by atoms with E-state index < -0.39 is 0 Å². The molecule has 8 aromatic heterocycles. The van der Waals surface area contributed by atoms with Crippen molar-refractivity contribution in [2.45, 2.75) is 0 Å². The Morgan fingerprint density at radius 1 is 0.174 bits per heavy atom. The van der Waals surface area contributed by atoms with Gasteiger partial charge in [0, 0.05) is 152 Å². The van der Waals surface area contributed by atoms with Crippen LogP contribution in [0.25, 0.3) is 195 Å². The molecule has 13 heteroatoms. The van der Waals surface area contributed by atoms with Crippen molar-refractivity contribution in [3.63, 3.8) is 0 Å². The minimum atomic E-state index is 0.642. The molecule has 0 saturated carbocycles. The van der Waals surface area contributed by atoms with E-state index in [9.17, 15) is 0 Å². The summed E-state index contributed by atoms with van der Waals surface area (Å²) >= 11 is 0. The van der Waals surface area contributed by atoms with Gasteiger partial charge in [-0.05, 0) is 188 Å². The quantitative estimate of drug-likeness (QED) is 0.101. The summed E-state index contributed by atoms with van der Waals surface area (Å²) in [4.78, 5) is 17.0. The number of aromatic nitrogens is 12. The second-order valence-corrected chi connectivity index (χ2v) is 32.9. The maximum absolute atomic E-state index is 4.93. The Bertz CT molecular complexity index is 8540. The van der Waals surface area contributed by atoms with E-state index >= 15 is 0 Å². The molecule has 0 amide bonds. The molecule has 0 atom stereocenters. The molecule has 622 valence electrons. The SMILES string of the molecule is c1ccc(-c2nc(-c3ccccc3)nc(-c3ccc(-n4c5ccccc5c5c6c(ccc54)ccn6-c4ccccc4)cc3)n2)cc1.c1ccc(-c2nnc(-c3ccccc3)n2-c2ccc(-n3c4ccccc4c4c5c(ccc43)ccn5-c3ccccc3)cc2)cc1.c1ccc(N(c2ccccc2)c2ccc(-n3c4ccccc4c4c5c(ccc43)ccn5-c3ccccc3)cc2)cc1. The van der Waals surface area contributed by atoms with Crippen LogP contribution in [0, 0.1) is 0 Å². The lowest BCUT2D eigenvalue weighted by Gasteiger charge is -2.25. The van der Waals surface area contributed by atoms with Crippen LogP contribution in [0.2, 0.25) is 0 Å². The maximum Gasteiger partial charge on any atom is 0.168 e. The largest absolute Gasteiger partial charge is 0.316 e. The van der Waals surface area contributed by atoms with Crippen LogP contribution >= 0.6 is 0 Å². The summed E-state index contributed by atoms with van der Waals surface area (Å²) in [5, 5.41) is 20.4. The Balaban J connectivity index is 0.000000109. The average molecular weight is 1690 g/mol. The molecule has 8 heterocycles. The van der Waals surface area contributed by atoms with E-state index in [2.05, 4.69) is 442 Å². The minimum Gasteiger partial charge on any atom is -0.316 e. The van der Waals surface area contributed by atoms with E-state index in [4.69, 9.17) is 15.0 Å². The molecule has 13 nitrogen and oxygen atoms in total. The number of para-hydroxylation sites is 8. The Labute approximate surface area is 760 Å². The molecule has 0 saturated heterocycles. The molecular formula is C119H81N13. The van der Waals surface area contributed by atoms with Gasteiger partial charge in [0.25, 0.3) is 0 Å². The zero-order valence-corrected chi connectivity index (χ0v) is 71.6. The first-order chi connectivity index (χ1) is 65.5. The summed E-state index contributed by atoms with van der Waals surface area (Å²) < 4.78 is 16.2. The summed E-state index contributed by atoms with van der Waals surface area (Å²) in [5.41, 5.74) is 26.8. The summed E-state index contributed by atoms with van der Waals surface area (Å²) in [5.74, 6) is 3.57. The first-order valence-corrected chi connectivity index (χ1v) is 44.4. The summed E-state index contributed by atoms with van der Waals surface area (Å²) in [6, 6.07) is 166. The average Bonchev–Trinajstić information content (AvgIpc) is 1.57. The fourth-order valence-corrected chi connectivity index (χ4v) is 19.2. The molecule has 0 radical (unpaired) electrons. The minimum absolute atomic E-state index is 0.642. The van der Waals surface area contributed by atoms with E-state index in [0.717, 1.165) is 107 Å². The smallest absolute Gasteiger partial charge is 0.168 e. The van der Waals surface area contributed by atoms with Gasteiger partial charge in [-0.3, -0.25) is 4.57 Å². The molecule has 0 aliphatic rings. The standard InChI is InChI=1S/C41H27N5.C40H27N5.C38H27N3/c1-4-12-29(13-5-1)39-42-40(30-14-6-2-7-15-30)44-41(43-39)31-20-23-33(24-21-31)46-35-19-11-10-18-34(35)37-36(46)25-22-28-26-27-45(38(28)37)32-16-8-3-9-17-32;1-4-12-29(13-5-1)39-41-42-40(30-14-6-2-7-15-30)45(39)33-23-21-32(22-24-33)44-35-19-11-10-18-34(35)37-36(44)25-20-28-26-27-43(38(28)37)31-16-8-3-9-17-31;1-4-12-29(13-5-1)39-27-26-28-20-25-36-37(38(28)39)34-18-10-11-19-35(34)41(36)33-23-21-32(22-24-33)40(30-14-6-2-7-15-30)31-16-8-3-9-17-31/h1-27H;1-27H;1-27H. The number of nitrogens with zero attached hydrogens (tertiary/aromatic N) is 13. The summed E-state index contributed by atoms with van der Waals surface area (Å²) in [6.45, 7) is 0. The van der Waals surface area contributed by atoms with Crippen molar-refractivity contribution < 1.29 is 0 Å². The normalized spacial score (nSPS) is 11.5. The third kappa shape index (κ3) is 13.8. The molecule has 0 bridgehead atoms.